The molecule has 2 aromatic rings. The Morgan fingerprint density at radius 3 is 2.55 bits per heavy atom. The van der Waals surface area contributed by atoms with Crippen LogP contribution in [0.4, 0.5) is 4.39 Å². The number of hydrogen-bond donors (Lipinski definition) is 0. The minimum atomic E-state index is -0.515. The lowest BCUT2D eigenvalue weighted by molar-refractivity contribution is 0.0738. The summed E-state index contributed by atoms with van der Waals surface area (Å²) in [5.41, 5.74) is 1.14. The fourth-order valence-electron chi connectivity index (χ4n) is 2.15. The molecular weight excluding hydrogens is 369 g/mol. The van der Waals surface area contributed by atoms with Crippen molar-refractivity contribution in [2.75, 3.05) is 7.05 Å². The molecular formula is C17H16BrClFNO. The number of likely N-dealkylation sites (N-methyl/N-ethyl adjacent to an activating group) is 1. The maximum atomic E-state index is 13.8. The van der Waals surface area contributed by atoms with Crippen LogP contribution in [0.15, 0.2) is 46.9 Å². The number of carbonyl (C=O) groups excluding carboxylic acids is 1. The van der Waals surface area contributed by atoms with Crippen molar-refractivity contribution in [2.45, 2.75) is 19.4 Å². The largest absolute Gasteiger partial charge is 0.339 e. The molecule has 0 fully saturated rings. The SMILES string of the molecule is CC(Cc1ccc(Cl)cc1)N(C)C(=O)c1cc(Br)ccc1F. The molecule has 0 aliphatic heterocycles. The van der Waals surface area contributed by atoms with Gasteiger partial charge in [0.2, 0.25) is 0 Å². The number of halogens is 3. The summed E-state index contributed by atoms with van der Waals surface area (Å²) >= 11 is 9.12. The summed E-state index contributed by atoms with van der Waals surface area (Å²) in [6, 6.07) is 11.8. The van der Waals surface area contributed by atoms with E-state index in [1.54, 1.807) is 18.0 Å². The van der Waals surface area contributed by atoms with E-state index in [2.05, 4.69) is 15.9 Å². The topological polar surface area (TPSA) is 20.3 Å². The molecule has 1 atom stereocenters. The Labute approximate surface area is 143 Å². The van der Waals surface area contributed by atoms with E-state index in [1.165, 1.54) is 12.1 Å². The second-order valence-corrected chi connectivity index (χ2v) is 6.57. The molecule has 1 amide bonds. The third-order valence-corrected chi connectivity index (χ3v) is 4.33. The van der Waals surface area contributed by atoms with Crippen LogP contribution in [0.25, 0.3) is 0 Å². The molecule has 22 heavy (non-hydrogen) atoms. The van der Waals surface area contributed by atoms with Gasteiger partial charge in [-0.2, -0.15) is 0 Å². The summed E-state index contributed by atoms with van der Waals surface area (Å²) in [4.78, 5) is 14.0. The van der Waals surface area contributed by atoms with E-state index in [-0.39, 0.29) is 17.5 Å². The van der Waals surface area contributed by atoms with E-state index >= 15 is 0 Å². The van der Waals surface area contributed by atoms with Crippen LogP contribution >= 0.6 is 27.5 Å². The fourth-order valence-corrected chi connectivity index (χ4v) is 2.64. The van der Waals surface area contributed by atoms with Gasteiger partial charge in [0, 0.05) is 22.6 Å². The standard InChI is InChI=1S/C17H16BrClFNO/c1-11(9-12-3-6-14(19)7-4-12)21(2)17(22)15-10-13(18)5-8-16(15)20/h3-8,10-11H,9H2,1-2H3. The lowest BCUT2D eigenvalue weighted by Gasteiger charge is -2.25. The second-order valence-electron chi connectivity index (χ2n) is 5.22. The van der Waals surface area contributed by atoms with Gasteiger partial charge < -0.3 is 4.90 Å². The molecule has 1 unspecified atom stereocenters. The molecule has 0 spiro atoms. The summed E-state index contributed by atoms with van der Waals surface area (Å²) in [7, 11) is 1.68. The number of benzene rings is 2. The van der Waals surface area contributed by atoms with E-state index in [0.717, 1.165) is 5.56 Å². The molecule has 2 rings (SSSR count). The van der Waals surface area contributed by atoms with Gasteiger partial charge in [0.1, 0.15) is 5.82 Å². The molecule has 5 heteroatoms. The highest BCUT2D eigenvalue weighted by atomic mass is 79.9. The minimum absolute atomic E-state index is 0.0629. The normalized spacial score (nSPS) is 12.0. The minimum Gasteiger partial charge on any atom is -0.339 e. The van der Waals surface area contributed by atoms with E-state index in [9.17, 15) is 9.18 Å². The molecule has 0 heterocycles. The van der Waals surface area contributed by atoms with Gasteiger partial charge in [0.15, 0.2) is 0 Å². The van der Waals surface area contributed by atoms with E-state index in [4.69, 9.17) is 11.6 Å². The van der Waals surface area contributed by atoms with Gasteiger partial charge in [-0.1, -0.05) is 39.7 Å². The van der Waals surface area contributed by atoms with Gasteiger partial charge in [-0.3, -0.25) is 4.79 Å². The summed E-state index contributed by atoms with van der Waals surface area (Å²) in [5.74, 6) is -0.848. The third kappa shape index (κ3) is 4.08. The van der Waals surface area contributed by atoms with Crippen LogP contribution in [-0.4, -0.2) is 23.9 Å². The summed E-state index contributed by atoms with van der Waals surface area (Å²) < 4.78 is 14.5. The second kappa shape index (κ2) is 7.25. The van der Waals surface area contributed by atoms with Crippen molar-refractivity contribution in [1.82, 2.24) is 4.90 Å². The van der Waals surface area contributed by atoms with Gasteiger partial charge in [0.25, 0.3) is 5.91 Å². The molecule has 2 nitrogen and oxygen atoms in total. The summed E-state index contributed by atoms with van der Waals surface area (Å²) in [6.45, 7) is 1.93. The van der Waals surface area contributed by atoms with Gasteiger partial charge in [0.05, 0.1) is 5.56 Å². The quantitative estimate of drug-likeness (QED) is 0.731. The molecule has 0 N–H and O–H groups in total. The van der Waals surface area contributed by atoms with Crippen molar-refractivity contribution in [1.29, 1.82) is 0 Å². The van der Waals surface area contributed by atoms with E-state index in [1.807, 2.05) is 31.2 Å². The first kappa shape index (κ1) is 17.0. The predicted octanol–water partition coefficient (Wildman–Crippen LogP) is 4.94. The van der Waals surface area contributed by atoms with E-state index in [0.29, 0.717) is 15.9 Å². The molecule has 0 bridgehead atoms. The Hall–Kier alpha value is -1.39. The van der Waals surface area contributed by atoms with Gasteiger partial charge in [-0.25, -0.2) is 4.39 Å². The van der Waals surface area contributed by atoms with Crippen molar-refractivity contribution in [3.8, 4) is 0 Å². The fraction of sp³-hybridized carbons (Fsp3) is 0.235. The number of rotatable bonds is 4. The molecule has 0 aliphatic carbocycles. The molecule has 0 saturated heterocycles. The first-order valence-electron chi connectivity index (χ1n) is 6.85. The zero-order valence-corrected chi connectivity index (χ0v) is 14.7. The Morgan fingerprint density at radius 1 is 1.27 bits per heavy atom. The van der Waals surface area contributed by atoms with Crippen LogP contribution in [0.2, 0.25) is 5.02 Å². The predicted molar refractivity (Wildman–Crippen MR) is 90.8 cm³/mol. The smallest absolute Gasteiger partial charge is 0.256 e. The highest BCUT2D eigenvalue weighted by molar-refractivity contribution is 9.10. The summed E-state index contributed by atoms with van der Waals surface area (Å²) in [6.07, 6.45) is 0.676. The van der Waals surface area contributed by atoms with Crippen LogP contribution in [0.1, 0.15) is 22.8 Å². The van der Waals surface area contributed by atoms with Gasteiger partial charge >= 0.3 is 0 Å². The molecule has 116 valence electrons. The Kier molecular flexibility index (Phi) is 5.59. The molecule has 2 aromatic carbocycles. The number of hydrogen-bond acceptors (Lipinski definition) is 1. The van der Waals surface area contributed by atoms with Crippen LogP contribution in [0, 0.1) is 5.82 Å². The van der Waals surface area contributed by atoms with Gasteiger partial charge in [-0.05, 0) is 49.2 Å². The maximum absolute atomic E-state index is 13.8. The lowest BCUT2D eigenvalue weighted by Crippen LogP contribution is -2.36. The van der Waals surface area contributed by atoms with Crippen molar-refractivity contribution in [3.05, 3.63) is 68.9 Å². The van der Waals surface area contributed by atoms with Crippen molar-refractivity contribution in [3.63, 3.8) is 0 Å². The van der Waals surface area contributed by atoms with Crippen LogP contribution in [0.5, 0.6) is 0 Å². The Bertz CT molecular complexity index is 675. The zero-order chi connectivity index (χ0) is 16.3. The van der Waals surface area contributed by atoms with Gasteiger partial charge in [-0.15, -0.1) is 0 Å². The number of carbonyl (C=O) groups is 1. The first-order chi connectivity index (χ1) is 10.4. The average molecular weight is 385 g/mol. The van der Waals surface area contributed by atoms with Crippen LogP contribution in [0.3, 0.4) is 0 Å². The highest BCUT2D eigenvalue weighted by Crippen LogP contribution is 2.19. The lowest BCUT2D eigenvalue weighted by atomic mass is 10.1. The average Bonchev–Trinajstić information content (AvgIpc) is 2.50. The number of amides is 1. The Morgan fingerprint density at radius 2 is 1.91 bits per heavy atom. The zero-order valence-electron chi connectivity index (χ0n) is 12.3. The van der Waals surface area contributed by atoms with Crippen LogP contribution < -0.4 is 0 Å². The molecule has 0 radical (unpaired) electrons. The van der Waals surface area contributed by atoms with Crippen molar-refractivity contribution < 1.29 is 9.18 Å². The first-order valence-corrected chi connectivity index (χ1v) is 8.02. The molecule has 0 aliphatic rings. The Balaban J connectivity index is 2.12. The number of nitrogens with zero attached hydrogens (tertiary/aromatic N) is 1. The molecule has 0 aromatic heterocycles. The summed E-state index contributed by atoms with van der Waals surface area (Å²) in [5, 5.41) is 0.678. The van der Waals surface area contributed by atoms with Crippen LogP contribution in [-0.2, 0) is 6.42 Å². The van der Waals surface area contributed by atoms with Crippen molar-refractivity contribution in [2.24, 2.45) is 0 Å². The third-order valence-electron chi connectivity index (χ3n) is 3.58. The van der Waals surface area contributed by atoms with Crippen molar-refractivity contribution >= 4 is 33.4 Å². The maximum Gasteiger partial charge on any atom is 0.256 e. The van der Waals surface area contributed by atoms with E-state index < -0.39 is 5.82 Å². The highest BCUT2D eigenvalue weighted by Gasteiger charge is 2.21. The monoisotopic (exact) mass is 383 g/mol. The molecule has 0 saturated carbocycles.